The fourth-order valence-electron chi connectivity index (χ4n) is 1.53. The van der Waals surface area contributed by atoms with Gasteiger partial charge in [0, 0.05) is 6.04 Å². The first-order valence-electron chi connectivity index (χ1n) is 5.89. The lowest BCUT2D eigenvalue weighted by atomic mass is 10.2. The lowest BCUT2D eigenvalue weighted by Gasteiger charge is -2.18. The van der Waals surface area contributed by atoms with Gasteiger partial charge < -0.3 is 11.1 Å². The lowest BCUT2D eigenvalue weighted by molar-refractivity contribution is -0.141. The summed E-state index contributed by atoms with van der Waals surface area (Å²) in [5.74, 6) is 0.983. The zero-order valence-electron chi connectivity index (χ0n) is 11.1. The van der Waals surface area contributed by atoms with E-state index in [1.165, 1.54) is 6.07 Å². The Morgan fingerprint density at radius 1 is 1.50 bits per heavy atom. The van der Waals surface area contributed by atoms with Crippen molar-refractivity contribution in [3.05, 3.63) is 23.4 Å². The zero-order chi connectivity index (χ0) is 15.3. The number of anilines is 1. The highest BCUT2D eigenvalue weighted by atomic mass is 32.2. The van der Waals surface area contributed by atoms with Gasteiger partial charge in [-0.05, 0) is 37.5 Å². The molecule has 0 saturated heterocycles. The summed E-state index contributed by atoms with van der Waals surface area (Å²) in [5, 5.41) is 2.95. The van der Waals surface area contributed by atoms with Crippen molar-refractivity contribution in [2.24, 2.45) is 5.73 Å². The molecule has 0 aliphatic heterocycles. The van der Waals surface area contributed by atoms with Crippen molar-refractivity contribution >= 4 is 34.8 Å². The van der Waals surface area contributed by atoms with E-state index in [9.17, 15) is 13.2 Å². The molecule has 1 rings (SSSR count). The molecule has 0 spiro atoms. The first-order valence-corrected chi connectivity index (χ1v) is 7.69. The van der Waals surface area contributed by atoms with Crippen molar-refractivity contribution < 1.29 is 13.2 Å². The molecule has 8 heteroatoms. The second-order valence-corrected chi connectivity index (χ2v) is 5.71. The molecule has 1 unspecified atom stereocenters. The van der Waals surface area contributed by atoms with Crippen molar-refractivity contribution in [1.29, 1.82) is 0 Å². The Kier molecular flexibility index (Phi) is 6.07. The van der Waals surface area contributed by atoms with Gasteiger partial charge in [-0.3, -0.25) is 0 Å². The average Bonchev–Trinajstić information content (AvgIpc) is 2.34. The largest absolute Gasteiger partial charge is 0.433 e. The highest BCUT2D eigenvalue weighted by Crippen LogP contribution is 2.29. The molecule has 1 heterocycles. The fourth-order valence-corrected chi connectivity index (χ4v) is 2.28. The Labute approximate surface area is 125 Å². The minimum Gasteiger partial charge on any atom is -0.389 e. The molecule has 1 aromatic heterocycles. The number of alkyl halides is 3. The number of aromatic nitrogens is 1. The number of hydrogen-bond acceptors (Lipinski definition) is 4. The van der Waals surface area contributed by atoms with E-state index in [-0.39, 0.29) is 16.8 Å². The van der Waals surface area contributed by atoms with Gasteiger partial charge in [-0.15, -0.1) is 0 Å². The van der Waals surface area contributed by atoms with Crippen LogP contribution >= 0.6 is 24.0 Å². The van der Waals surface area contributed by atoms with E-state index in [0.717, 1.165) is 18.2 Å². The van der Waals surface area contributed by atoms with Gasteiger partial charge >= 0.3 is 6.18 Å². The molecular weight excluding hydrogens is 307 g/mol. The number of halogens is 3. The van der Waals surface area contributed by atoms with Gasteiger partial charge in [0.15, 0.2) is 0 Å². The van der Waals surface area contributed by atoms with Crippen LogP contribution < -0.4 is 11.1 Å². The maximum Gasteiger partial charge on any atom is 0.433 e. The molecule has 20 heavy (non-hydrogen) atoms. The minimum atomic E-state index is -4.49. The zero-order valence-corrected chi connectivity index (χ0v) is 12.8. The normalized spacial score (nSPS) is 13.1. The van der Waals surface area contributed by atoms with Crippen molar-refractivity contribution in [3.63, 3.8) is 0 Å². The van der Waals surface area contributed by atoms with Crippen molar-refractivity contribution in [2.45, 2.75) is 25.6 Å². The molecule has 3 N–H and O–H groups in total. The molecule has 0 aliphatic rings. The van der Waals surface area contributed by atoms with E-state index in [4.69, 9.17) is 18.0 Å². The van der Waals surface area contributed by atoms with Gasteiger partial charge in [0.05, 0.1) is 5.56 Å². The van der Waals surface area contributed by atoms with Crippen LogP contribution in [0, 0.1) is 0 Å². The third-order valence-electron chi connectivity index (χ3n) is 2.59. The van der Waals surface area contributed by atoms with E-state index in [1.54, 1.807) is 11.8 Å². The molecule has 0 fully saturated rings. The summed E-state index contributed by atoms with van der Waals surface area (Å²) in [5.41, 5.74) is 4.88. The Hall–Kier alpha value is -1.02. The van der Waals surface area contributed by atoms with Crippen molar-refractivity contribution in [3.8, 4) is 0 Å². The van der Waals surface area contributed by atoms with Gasteiger partial charge in [0.1, 0.15) is 16.5 Å². The molecule has 3 nitrogen and oxygen atoms in total. The maximum atomic E-state index is 12.7. The number of nitrogens with zero attached hydrogens (tertiary/aromatic N) is 1. The number of pyridine rings is 1. The highest BCUT2D eigenvalue weighted by Gasteiger charge is 2.33. The van der Waals surface area contributed by atoms with Gasteiger partial charge in [0.25, 0.3) is 0 Å². The first-order chi connectivity index (χ1) is 9.25. The molecular formula is C12H16F3N3S2. The number of nitrogens with one attached hydrogen (secondary N) is 1. The van der Waals surface area contributed by atoms with E-state index in [1.807, 2.05) is 13.2 Å². The number of thiocarbonyl (C=S) groups is 1. The third-order valence-corrected chi connectivity index (χ3v) is 3.45. The van der Waals surface area contributed by atoms with Crippen LogP contribution in [0.1, 0.15) is 24.6 Å². The summed E-state index contributed by atoms with van der Waals surface area (Å²) < 4.78 is 38.0. The highest BCUT2D eigenvalue weighted by molar-refractivity contribution is 7.98. The lowest BCUT2D eigenvalue weighted by Crippen LogP contribution is -2.22. The summed E-state index contributed by atoms with van der Waals surface area (Å²) in [7, 11) is 0. The van der Waals surface area contributed by atoms with Gasteiger partial charge in [-0.2, -0.15) is 24.9 Å². The summed E-state index contributed by atoms with van der Waals surface area (Å²) in [6, 6.07) is 2.11. The van der Waals surface area contributed by atoms with Gasteiger partial charge in [-0.1, -0.05) is 12.2 Å². The molecule has 0 aromatic carbocycles. The molecule has 0 bridgehead atoms. The first kappa shape index (κ1) is 17.0. The summed E-state index contributed by atoms with van der Waals surface area (Å²) >= 11 is 6.51. The smallest absolute Gasteiger partial charge is 0.389 e. The van der Waals surface area contributed by atoms with Crippen LogP contribution in [0.4, 0.5) is 19.0 Å². The van der Waals surface area contributed by atoms with Crippen molar-refractivity contribution in [2.75, 3.05) is 17.3 Å². The SMILES string of the molecule is CSCCC(C)Nc1nc(C(F)(F)F)ccc1C(N)=S. The topological polar surface area (TPSA) is 50.9 Å². The molecule has 0 saturated carbocycles. The van der Waals surface area contributed by atoms with Crippen LogP contribution in [0.3, 0.4) is 0 Å². The number of hydrogen-bond donors (Lipinski definition) is 2. The molecule has 0 aliphatic carbocycles. The molecule has 0 amide bonds. The fraction of sp³-hybridized carbons (Fsp3) is 0.500. The number of nitrogens with two attached hydrogens (primary N) is 1. The Bertz CT molecular complexity index is 478. The molecule has 112 valence electrons. The third kappa shape index (κ3) is 4.82. The van der Waals surface area contributed by atoms with Crippen molar-refractivity contribution in [1.82, 2.24) is 4.98 Å². The number of thioether (sulfide) groups is 1. The summed E-state index contributed by atoms with van der Waals surface area (Å²) in [4.78, 5) is 3.62. The quantitative estimate of drug-likeness (QED) is 0.787. The predicted octanol–water partition coefficient (Wildman–Crippen LogP) is 3.29. The standard InChI is InChI=1S/C12H16F3N3S2/c1-7(5-6-20-2)17-11-8(10(16)19)3-4-9(18-11)12(13,14)15/h3-4,7H,5-6H2,1-2H3,(H2,16,19)(H,17,18). The monoisotopic (exact) mass is 323 g/mol. The molecule has 1 aromatic rings. The van der Waals surface area contributed by atoms with E-state index < -0.39 is 11.9 Å². The Balaban J connectivity index is 3.03. The summed E-state index contributed by atoms with van der Waals surface area (Å²) in [6.45, 7) is 1.88. The Morgan fingerprint density at radius 2 is 2.15 bits per heavy atom. The molecule has 0 radical (unpaired) electrons. The van der Waals surface area contributed by atoms with Crippen LogP contribution in [0.5, 0.6) is 0 Å². The van der Waals surface area contributed by atoms with Gasteiger partial charge in [-0.25, -0.2) is 4.98 Å². The molecule has 1 atom stereocenters. The van der Waals surface area contributed by atoms with Crippen LogP contribution in [-0.4, -0.2) is 28.0 Å². The van der Waals surface area contributed by atoms with Crippen LogP contribution in [0.2, 0.25) is 0 Å². The van der Waals surface area contributed by atoms with Crippen LogP contribution in [0.25, 0.3) is 0 Å². The van der Waals surface area contributed by atoms with E-state index in [2.05, 4.69) is 10.3 Å². The predicted molar refractivity (Wildman–Crippen MR) is 81.2 cm³/mol. The van der Waals surface area contributed by atoms with E-state index in [0.29, 0.717) is 5.56 Å². The van der Waals surface area contributed by atoms with Crippen LogP contribution in [-0.2, 0) is 6.18 Å². The van der Waals surface area contributed by atoms with Crippen LogP contribution in [0.15, 0.2) is 12.1 Å². The minimum absolute atomic E-state index is 0.0193. The Morgan fingerprint density at radius 3 is 2.65 bits per heavy atom. The summed E-state index contributed by atoms with van der Waals surface area (Å²) in [6.07, 6.45) is -1.72. The second kappa shape index (κ2) is 7.12. The van der Waals surface area contributed by atoms with E-state index >= 15 is 0 Å². The maximum absolute atomic E-state index is 12.7. The average molecular weight is 323 g/mol. The number of rotatable bonds is 6. The van der Waals surface area contributed by atoms with Gasteiger partial charge in [0.2, 0.25) is 0 Å². The second-order valence-electron chi connectivity index (χ2n) is 4.28.